The van der Waals surface area contributed by atoms with Crippen LogP contribution in [0, 0.1) is 10.1 Å². The Morgan fingerprint density at radius 3 is 2.66 bits per heavy atom. The molecular weight excluding hydrogens is 452 g/mol. The number of hydrogen-bond acceptors (Lipinski definition) is 9. The molecule has 3 aromatic rings. The number of nitro groups is 1. The number of aliphatic imine (C=N–C) groups is 2. The highest BCUT2D eigenvalue weighted by Crippen LogP contribution is 2.44. The number of amides is 1. The van der Waals surface area contributed by atoms with Crippen molar-refractivity contribution in [2.75, 3.05) is 11.7 Å². The van der Waals surface area contributed by atoms with Crippen LogP contribution in [-0.4, -0.2) is 39.5 Å². The molecule has 35 heavy (non-hydrogen) atoms. The van der Waals surface area contributed by atoms with Gasteiger partial charge in [-0.1, -0.05) is 12.1 Å². The molecule has 1 amide bonds. The van der Waals surface area contributed by atoms with E-state index >= 15 is 0 Å². The third-order valence-corrected chi connectivity index (χ3v) is 5.74. The van der Waals surface area contributed by atoms with E-state index in [0.29, 0.717) is 46.5 Å². The molecular formula is C24H20N6O5. The van der Waals surface area contributed by atoms with Gasteiger partial charge in [0.25, 0.3) is 5.69 Å². The van der Waals surface area contributed by atoms with E-state index < -0.39 is 11.0 Å². The van der Waals surface area contributed by atoms with Gasteiger partial charge >= 0.3 is 0 Å². The van der Waals surface area contributed by atoms with Crippen molar-refractivity contribution in [3.63, 3.8) is 0 Å². The molecule has 2 aliphatic rings. The zero-order valence-electron chi connectivity index (χ0n) is 18.9. The average Bonchev–Trinajstić information content (AvgIpc) is 3.24. The van der Waals surface area contributed by atoms with Crippen LogP contribution in [0.3, 0.4) is 0 Å². The first-order valence-corrected chi connectivity index (χ1v) is 10.8. The first-order valence-electron chi connectivity index (χ1n) is 10.8. The van der Waals surface area contributed by atoms with E-state index in [1.807, 2.05) is 18.2 Å². The number of rotatable bonds is 4. The normalized spacial score (nSPS) is 16.6. The number of non-ortho nitro benzene ring substituents is 1. The molecule has 0 bridgehead atoms. The fourth-order valence-electron chi connectivity index (χ4n) is 4.17. The minimum Gasteiger partial charge on any atom is -0.454 e. The highest BCUT2D eigenvalue weighted by atomic mass is 16.7. The zero-order valence-corrected chi connectivity index (χ0v) is 18.9. The summed E-state index contributed by atoms with van der Waals surface area (Å²) < 4.78 is 11.0. The fraction of sp³-hybridized carbons (Fsp3) is 0.208. The maximum absolute atomic E-state index is 13.0. The molecule has 0 saturated heterocycles. The second-order valence-electron chi connectivity index (χ2n) is 7.84. The standard InChI is InChI=1S/C24H20N6O5/c1-3-25-23-22-24(27-12-26-23)29(14(2)31)19(15-4-7-17(8-5-15)30(32)33)11-18(28-22)16-6-9-20-21(10-16)35-13-34-20/h3-10,12,19H,11,13H2,1-2H3/b25-3+. The van der Waals surface area contributed by atoms with E-state index in [4.69, 9.17) is 14.5 Å². The first kappa shape index (κ1) is 22.1. The fourth-order valence-corrected chi connectivity index (χ4v) is 4.17. The number of carbonyl (C=O) groups excluding carboxylic acids is 1. The number of carbonyl (C=O) groups is 1. The van der Waals surface area contributed by atoms with Crippen molar-refractivity contribution in [1.29, 1.82) is 0 Å². The van der Waals surface area contributed by atoms with E-state index in [-0.39, 0.29) is 18.4 Å². The molecule has 0 radical (unpaired) electrons. The van der Waals surface area contributed by atoms with Gasteiger partial charge in [-0.2, -0.15) is 0 Å². The van der Waals surface area contributed by atoms with Crippen molar-refractivity contribution in [3.05, 3.63) is 70.0 Å². The molecule has 1 aromatic heterocycles. The number of anilines is 1. The quantitative estimate of drug-likeness (QED) is 0.311. The molecule has 0 spiro atoms. The Bertz CT molecular complexity index is 1390. The van der Waals surface area contributed by atoms with Crippen LogP contribution >= 0.6 is 0 Å². The maximum atomic E-state index is 13.0. The van der Waals surface area contributed by atoms with Crippen LogP contribution in [0.5, 0.6) is 11.5 Å². The predicted octanol–water partition coefficient (Wildman–Crippen LogP) is 4.45. The molecule has 1 unspecified atom stereocenters. The van der Waals surface area contributed by atoms with E-state index in [2.05, 4.69) is 15.0 Å². The van der Waals surface area contributed by atoms with Crippen LogP contribution in [0.1, 0.15) is 37.4 Å². The van der Waals surface area contributed by atoms with Crippen molar-refractivity contribution in [2.45, 2.75) is 26.3 Å². The van der Waals surface area contributed by atoms with Gasteiger partial charge in [0.05, 0.1) is 16.7 Å². The summed E-state index contributed by atoms with van der Waals surface area (Å²) in [5.41, 5.74) is 2.44. The lowest BCUT2D eigenvalue weighted by Crippen LogP contribution is -2.34. The van der Waals surface area contributed by atoms with Gasteiger partial charge in [-0.05, 0) is 36.2 Å². The SMILES string of the molecule is C/C=N/c1ncnc2c1N=C(c1ccc3c(c1)OCO3)CC(c1ccc([N+](=O)[O-])cc1)N2C(C)=O. The van der Waals surface area contributed by atoms with Crippen LogP contribution < -0.4 is 14.4 Å². The zero-order chi connectivity index (χ0) is 24.5. The van der Waals surface area contributed by atoms with Crippen LogP contribution in [0.2, 0.25) is 0 Å². The Morgan fingerprint density at radius 1 is 1.17 bits per heavy atom. The highest BCUT2D eigenvalue weighted by molar-refractivity contribution is 6.08. The van der Waals surface area contributed by atoms with Gasteiger partial charge in [0, 0.05) is 31.7 Å². The maximum Gasteiger partial charge on any atom is 0.269 e. The first-order chi connectivity index (χ1) is 17.0. The summed E-state index contributed by atoms with van der Waals surface area (Å²) in [5, 5.41) is 11.2. The summed E-state index contributed by atoms with van der Waals surface area (Å²) in [6.45, 7) is 3.34. The Kier molecular flexibility index (Phi) is 5.65. The molecule has 11 nitrogen and oxygen atoms in total. The summed E-state index contributed by atoms with van der Waals surface area (Å²) in [4.78, 5) is 43.1. The number of hydrogen-bond donors (Lipinski definition) is 0. The lowest BCUT2D eigenvalue weighted by Gasteiger charge is -2.29. The summed E-state index contributed by atoms with van der Waals surface area (Å²) >= 11 is 0. The van der Waals surface area contributed by atoms with Gasteiger partial charge in [0.2, 0.25) is 12.7 Å². The number of nitro benzene ring substituents is 1. The van der Waals surface area contributed by atoms with Gasteiger partial charge in [-0.25, -0.2) is 20.0 Å². The third-order valence-electron chi connectivity index (χ3n) is 5.74. The molecule has 0 fully saturated rings. The minimum atomic E-state index is -0.535. The number of benzene rings is 2. The van der Waals surface area contributed by atoms with Crippen LogP contribution in [0.25, 0.3) is 0 Å². The Hall–Kier alpha value is -4.67. The molecule has 2 aromatic carbocycles. The lowest BCUT2D eigenvalue weighted by molar-refractivity contribution is -0.384. The Labute approximate surface area is 199 Å². The van der Waals surface area contributed by atoms with Crippen molar-refractivity contribution < 1.29 is 19.2 Å². The largest absolute Gasteiger partial charge is 0.454 e. The van der Waals surface area contributed by atoms with Crippen molar-refractivity contribution in [1.82, 2.24) is 9.97 Å². The number of ether oxygens (including phenoxy) is 2. The second-order valence-corrected chi connectivity index (χ2v) is 7.84. The molecule has 3 heterocycles. The molecule has 2 aliphatic heterocycles. The second kappa shape index (κ2) is 8.93. The van der Waals surface area contributed by atoms with E-state index in [1.165, 1.54) is 30.3 Å². The molecule has 1 atom stereocenters. The Morgan fingerprint density at radius 2 is 1.94 bits per heavy atom. The Balaban J connectivity index is 1.71. The summed E-state index contributed by atoms with van der Waals surface area (Å²) in [6, 6.07) is 11.1. The van der Waals surface area contributed by atoms with E-state index in [1.54, 1.807) is 25.3 Å². The van der Waals surface area contributed by atoms with Gasteiger partial charge in [0.1, 0.15) is 6.33 Å². The lowest BCUT2D eigenvalue weighted by atomic mass is 9.95. The summed E-state index contributed by atoms with van der Waals surface area (Å²) in [7, 11) is 0. The number of aromatic nitrogens is 2. The van der Waals surface area contributed by atoms with Crippen molar-refractivity contribution in [2.24, 2.45) is 9.98 Å². The van der Waals surface area contributed by atoms with Crippen LogP contribution in [0.15, 0.2) is 58.8 Å². The highest BCUT2D eigenvalue weighted by Gasteiger charge is 2.34. The molecule has 0 aliphatic carbocycles. The average molecular weight is 472 g/mol. The van der Waals surface area contributed by atoms with Gasteiger partial charge in [-0.15, -0.1) is 0 Å². The topological polar surface area (TPSA) is 132 Å². The number of fused-ring (bicyclic) bond motifs is 2. The predicted molar refractivity (Wildman–Crippen MR) is 128 cm³/mol. The molecule has 176 valence electrons. The van der Waals surface area contributed by atoms with Gasteiger partial charge in [0.15, 0.2) is 28.8 Å². The molecule has 0 N–H and O–H groups in total. The third kappa shape index (κ3) is 4.07. The molecule has 11 heteroatoms. The van der Waals surface area contributed by atoms with Gasteiger partial charge in [-0.3, -0.25) is 19.8 Å². The summed E-state index contributed by atoms with van der Waals surface area (Å²) in [6.07, 6.45) is 3.24. The number of nitrogens with zero attached hydrogens (tertiary/aromatic N) is 6. The van der Waals surface area contributed by atoms with Crippen molar-refractivity contribution in [3.8, 4) is 11.5 Å². The van der Waals surface area contributed by atoms with Crippen LogP contribution in [0.4, 0.5) is 23.0 Å². The minimum absolute atomic E-state index is 0.0382. The monoisotopic (exact) mass is 472 g/mol. The van der Waals surface area contributed by atoms with Crippen molar-refractivity contribution >= 4 is 40.8 Å². The smallest absolute Gasteiger partial charge is 0.269 e. The molecule has 5 rings (SSSR count). The van der Waals surface area contributed by atoms with E-state index in [0.717, 1.165) is 5.56 Å². The molecule has 0 saturated carbocycles. The summed E-state index contributed by atoms with van der Waals surface area (Å²) in [5.74, 6) is 1.61. The van der Waals surface area contributed by atoms with E-state index in [9.17, 15) is 14.9 Å². The van der Waals surface area contributed by atoms with Crippen LogP contribution in [-0.2, 0) is 4.79 Å². The van der Waals surface area contributed by atoms with Gasteiger partial charge < -0.3 is 9.47 Å².